The average molecular weight is 221 g/mol. The summed E-state index contributed by atoms with van der Waals surface area (Å²) in [5, 5.41) is 10.2. The predicted octanol–water partition coefficient (Wildman–Crippen LogP) is -0.266. The van der Waals surface area contributed by atoms with Gasteiger partial charge in [0.05, 0.1) is 0 Å². The first-order chi connectivity index (χ1) is 6.49. The minimum atomic E-state index is -1.64. The summed E-state index contributed by atoms with van der Waals surface area (Å²) >= 11 is 0. The third kappa shape index (κ3) is 4.96. The van der Waals surface area contributed by atoms with Gasteiger partial charge in [-0.3, -0.25) is 13.8 Å². The van der Waals surface area contributed by atoms with Gasteiger partial charge in [0, 0.05) is 17.3 Å². The molecular formula is C8H15NO4S. The maximum absolute atomic E-state index is 11.2. The molecule has 2 atom stereocenters. The smallest absolute Gasteiger partial charge is 0.316 e. The van der Waals surface area contributed by atoms with Crippen molar-refractivity contribution in [2.45, 2.75) is 25.5 Å². The first-order valence-electron chi connectivity index (χ1n) is 4.35. The van der Waals surface area contributed by atoms with Crippen molar-refractivity contribution in [1.82, 2.24) is 5.32 Å². The number of hydrogen-bond donors (Lipinski definition) is 2. The molecule has 2 N–H and O–H groups in total. The lowest BCUT2D eigenvalue weighted by atomic mass is 10.4. The molecule has 0 aliphatic rings. The minimum absolute atomic E-state index is 0.355. The van der Waals surface area contributed by atoms with Crippen LogP contribution < -0.4 is 5.32 Å². The van der Waals surface area contributed by atoms with Gasteiger partial charge >= 0.3 is 5.97 Å². The predicted molar refractivity (Wildman–Crippen MR) is 53.4 cm³/mol. The Hall–Kier alpha value is -0.910. The molecule has 0 aliphatic heterocycles. The highest BCUT2D eigenvalue weighted by Gasteiger charge is 2.21. The van der Waals surface area contributed by atoms with Crippen molar-refractivity contribution in [3.05, 3.63) is 0 Å². The van der Waals surface area contributed by atoms with Crippen LogP contribution in [0.25, 0.3) is 0 Å². The van der Waals surface area contributed by atoms with Crippen molar-refractivity contribution in [2.24, 2.45) is 0 Å². The molecule has 0 spiro atoms. The lowest BCUT2D eigenvalue weighted by Crippen LogP contribution is -2.37. The van der Waals surface area contributed by atoms with Crippen molar-refractivity contribution in [1.29, 1.82) is 0 Å². The Morgan fingerprint density at radius 3 is 2.50 bits per heavy atom. The molecule has 14 heavy (non-hydrogen) atoms. The van der Waals surface area contributed by atoms with E-state index < -0.39 is 27.8 Å². The van der Waals surface area contributed by atoms with Gasteiger partial charge in [0.1, 0.15) is 11.0 Å². The largest absolute Gasteiger partial charge is 0.481 e. The molecule has 0 rings (SSSR count). The highest BCUT2D eigenvalue weighted by molar-refractivity contribution is 7.87. The molecule has 0 aromatic carbocycles. The molecule has 0 aromatic heterocycles. The summed E-state index contributed by atoms with van der Waals surface area (Å²) in [5.41, 5.74) is 0. The molecule has 0 fully saturated rings. The monoisotopic (exact) mass is 221 g/mol. The Kier molecular flexibility index (Phi) is 6.11. The van der Waals surface area contributed by atoms with E-state index in [1.807, 2.05) is 6.92 Å². The lowest BCUT2D eigenvalue weighted by molar-refractivity contribution is -0.133. The molecule has 1 amide bonds. The van der Waals surface area contributed by atoms with E-state index in [4.69, 9.17) is 5.11 Å². The van der Waals surface area contributed by atoms with Crippen molar-refractivity contribution in [3.63, 3.8) is 0 Å². The molecule has 82 valence electrons. The van der Waals surface area contributed by atoms with Crippen molar-refractivity contribution >= 4 is 22.7 Å². The highest BCUT2D eigenvalue weighted by Crippen LogP contribution is 1.96. The molecule has 0 radical (unpaired) electrons. The molecule has 2 unspecified atom stereocenters. The van der Waals surface area contributed by atoms with Gasteiger partial charge in [0.25, 0.3) is 0 Å². The van der Waals surface area contributed by atoms with Gasteiger partial charge in [-0.25, -0.2) is 0 Å². The Balaban J connectivity index is 4.04. The van der Waals surface area contributed by atoms with E-state index in [2.05, 4.69) is 5.32 Å². The van der Waals surface area contributed by atoms with Crippen LogP contribution in [-0.2, 0) is 20.4 Å². The number of amides is 1. The first-order valence-corrected chi connectivity index (χ1v) is 5.74. The maximum atomic E-state index is 11.2. The molecule has 0 aromatic rings. The van der Waals surface area contributed by atoms with Gasteiger partial charge in [-0.2, -0.15) is 0 Å². The topological polar surface area (TPSA) is 83.5 Å². The zero-order chi connectivity index (χ0) is 11.1. The second-order valence-electron chi connectivity index (χ2n) is 2.85. The SMILES string of the molecule is CCCNC(=O)C(C)S(=O)CC(=O)O. The van der Waals surface area contributed by atoms with Crippen LogP contribution in [-0.4, -0.2) is 38.7 Å². The minimum Gasteiger partial charge on any atom is -0.481 e. The summed E-state index contributed by atoms with van der Waals surface area (Å²) in [6.45, 7) is 3.89. The summed E-state index contributed by atoms with van der Waals surface area (Å²) in [4.78, 5) is 21.5. The van der Waals surface area contributed by atoms with Crippen LogP contribution in [0.15, 0.2) is 0 Å². The number of rotatable bonds is 6. The van der Waals surface area contributed by atoms with Crippen molar-refractivity contribution in [2.75, 3.05) is 12.3 Å². The number of aliphatic carboxylic acids is 1. The Morgan fingerprint density at radius 2 is 2.07 bits per heavy atom. The maximum Gasteiger partial charge on any atom is 0.316 e. The molecule has 0 saturated carbocycles. The standard InChI is InChI=1S/C8H15NO4S/c1-3-4-9-8(12)6(2)14(13)5-7(10)11/h6H,3-5H2,1-2H3,(H,9,12)(H,10,11). The lowest BCUT2D eigenvalue weighted by Gasteiger charge is -2.09. The van der Waals surface area contributed by atoms with Crippen LogP contribution in [0.3, 0.4) is 0 Å². The quantitative estimate of drug-likeness (QED) is 0.647. The number of carboxylic acids is 1. The fourth-order valence-electron chi connectivity index (χ4n) is 0.758. The van der Waals surface area contributed by atoms with Crippen LogP contribution in [0, 0.1) is 0 Å². The molecule has 0 saturated heterocycles. The third-order valence-electron chi connectivity index (χ3n) is 1.58. The summed E-state index contributed by atoms with van der Waals surface area (Å²) in [6.07, 6.45) is 0.796. The normalized spacial score (nSPS) is 14.4. The third-order valence-corrected chi connectivity index (χ3v) is 3.11. The summed E-state index contributed by atoms with van der Waals surface area (Å²) in [5.74, 6) is -1.99. The van der Waals surface area contributed by atoms with Gasteiger partial charge < -0.3 is 10.4 Å². The van der Waals surface area contributed by atoms with Gasteiger partial charge in [-0.15, -0.1) is 0 Å². The number of carbonyl (C=O) groups is 2. The van der Waals surface area contributed by atoms with E-state index in [0.29, 0.717) is 6.54 Å². The van der Waals surface area contributed by atoms with Gasteiger partial charge in [0.15, 0.2) is 0 Å². The van der Waals surface area contributed by atoms with Crippen LogP contribution in [0.5, 0.6) is 0 Å². The van der Waals surface area contributed by atoms with Crippen LogP contribution in [0.4, 0.5) is 0 Å². The summed E-state index contributed by atoms with van der Waals surface area (Å²) in [7, 11) is -1.64. The first kappa shape index (κ1) is 13.1. The number of carboxylic acid groups (broad SMARTS) is 1. The molecule has 0 aliphatic carbocycles. The zero-order valence-corrected chi connectivity index (χ0v) is 9.10. The van der Waals surface area contributed by atoms with Gasteiger partial charge in [-0.05, 0) is 13.3 Å². The van der Waals surface area contributed by atoms with E-state index in [9.17, 15) is 13.8 Å². The second-order valence-corrected chi connectivity index (χ2v) is 4.61. The summed E-state index contributed by atoms with van der Waals surface area (Å²) < 4.78 is 11.2. The molecule has 0 bridgehead atoms. The Morgan fingerprint density at radius 1 is 1.50 bits per heavy atom. The van der Waals surface area contributed by atoms with Crippen molar-refractivity contribution < 1.29 is 18.9 Å². The molecule has 5 nitrogen and oxygen atoms in total. The summed E-state index contributed by atoms with van der Waals surface area (Å²) in [6, 6.07) is 0. The fourth-order valence-corrected chi connectivity index (χ4v) is 1.57. The van der Waals surface area contributed by atoms with Gasteiger partial charge in [-0.1, -0.05) is 6.92 Å². The molecule has 6 heteroatoms. The van der Waals surface area contributed by atoms with Crippen molar-refractivity contribution in [3.8, 4) is 0 Å². The highest BCUT2D eigenvalue weighted by atomic mass is 32.2. The Labute approximate surface area is 85.3 Å². The number of carbonyl (C=O) groups excluding carboxylic acids is 1. The van der Waals surface area contributed by atoms with E-state index in [1.165, 1.54) is 6.92 Å². The van der Waals surface area contributed by atoms with Crippen LogP contribution >= 0.6 is 0 Å². The average Bonchev–Trinajstić information content (AvgIpc) is 2.11. The van der Waals surface area contributed by atoms with Crippen LogP contribution in [0.1, 0.15) is 20.3 Å². The van der Waals surface area contributed by atoms with E-state index in [-0.39, 0.29) is 5.91 Å². The van der Waals surface area contributed by atoms with Crippen LogP contribution in [0.2, 0.25) is 0 Å². The zero-order valence-electron chi connectivity index (χ0n) is 8.28. The second kappa shape index (κ2) is 6.53. The van der Waals surface area contributed by atoms with Gasteiger partial charge in [0.2, 0.25) is 5.91 Å². The van der Waals surface area contributed by atoms with E-state index >= 15 is 0 Å². The molecular weight excluding hydrogens is 206 g/mol. The molecule has 0 heterocycles. The fraction of sp³-hybridized carbons (Fsp3) is 0.750. The van der Waals surface area contributed by atoms with E-state index in [1.54, 1.807) is 0 Å². The Bertz CT molecular complexity index is 241. The van der Waals surface area contributed by atoms with E-state index in [0.717, 1.165) is 6.42 Å². The number of nitrogens with one attached hydrogen (secondary N) is 1. The number of hydrogen-bond acceptors (Lipinski definition) is 3.